The summed E-state index contributed by atoms with van der Waals surface area (Å²) in [6, 6.07) is 0. The van der Waals surface area contributed by atoms with Gasteiger partial charge in [0.25, 0.3) is 5.91 Å². The predicted molar refractivity (Wildman–Crippen MR) is 84.2 cm³/mol. The first kappa shape index (κ1) is 16.8. The van der Waals surface area contributed by atoms with Crippen LogP contribution in [0.4, 0.5) is 0 Å². The lowest BCUT2D eigenvalue weighted by Gasteiger charge is -2.35. The van der Waals surface area contributed by atoms with E-state index >= 15 is 0 Å². The number of aromatic nitrogens is 1. The molecule has 0 atom stereocenters. The standard InChI is InChI=1S/C14H17Cl3N2O2/c15-9-6-18-12(11(17)10(9)16)13(21)19-7-14(8-20)4-2-1-3-5-14/h6,20H,1-5,7-8H2,(H,19,21). The number of aliphatic hydroxyl groups excluding tert-OH is 1. The van der Waals surface area contributed by atoms with Crippen molar-refractivity contribution in [2.24, 2.45) is 5.41 Å². The zero-order chi connectivity index (χ0) is 15.5. The fraction of sp³-hybridized carbons (Fsp3) is 0.571. The summed E-state index contributed by atoms with van der Waals surface area (Å²) in [5, 5.41) is 12.8. The molecule has 0 spiro atoms. The molecule has 116 valence electrons. The van der Waals surface area contributed by atoms with Gasteiger partial charge < -0.3 is 10.4 Å². The summed E-state index contributed by atoms with van der Waals surface area (Å²) in [6.07, 6.45) is 6.44. The van der Waals surface area contributed by atoms with E-state index < -0.39 is 5.91 Å². The van der Waals surface area contributed by atoms with Gasteiger partial charge in [0.05, 0.1) is 21.7 Å². The molecule has 1 fully saturated rings. The Labute approximate surface area is 138 Å². The molecule has 1 aromatic heterocycles. The van der Waals surface area contributed by atoms with Crippen molar-refractivity contribution in [2.45, 2.75) is 32.1 Å². The number of nitrogens with zero attached hydrogens (tertiary/aromatic N) is 1. The fourth-order valence-electron chi connectivity index (χ4n) is 2.65. The average Bonchev–Trinajstić information content (AvgIpc) is 2.51. The van der Waals surface area contributed by atoms with E-state index in [2.05, 4.69) is 10.3 Å². The molecule has 0 unspecified atom stereocenters. The first-order chi connectivity index (χ1) is 9.99. The highest BCUT2D eigenvalue weighted by molar-refractivity contribution is 6.48. The summed E-state index contributed by atoms with van der Waals surface area (Å²) in [5.41, 5.74) is -0.189. The zero-order valence-corrected chi connectivity index (χ0v) is 13.7. The van der Waals surface area contributed by atoms with Gasteiger partial charge in [0.15, 0.2) is 0 Å². The second kappa shape index (κ2) is 7.14. The van der Waals surface area contributed by atoms with Crippen LogP contribution in [-0.2, 0) is 0 Å². The predicted octanol–water partition coefficient (Wildman–Crippen LogP) is 3.71. The Balaban J connectivity index is 2.06. The lowest BCUT2D eigenvalue weighted by molar-refractivity contribution is 0.0715. The van der Waals surface area contributed by atoms with Gasteiger partial charge in [-0.15, -0.1) is 0 Å². The van der Waals surface area contributed by atoms with Gasteiger partial charge in [-0.25, -0.2) is 4.98 Å². The maximum atomic E-state index is 12.2. The number of rotatable bonds is 4. The van der Waals surface area contributed by atoms with Crippen molar-refractivity contribution >= 4 is 40.7 Å². The third-order valence-corrected chi connectivity index (χ3v) is 5.25. The van der Waals surface area contributed by atoms with Crippen molar-refractivity contribution in [1.29, 1.82) is 0 Å². The molecule has 7 heteroatoms. The van der Waals surface area contributed by atoms with Crippen LogP contribution < -0.4 is 5.32 Å². The monoisotopic (exact) mass is 350 g/mol. The van der Waals surface area contributed by atoms with E-state index in [-0.39, 0.29) is 32.8 Å². The zero-order valence-electron chi connectivity index (χ0n) is 11.5. The van der Waals surface area contributed by atoms with Gasteiger partial charge in [-0.3, -0.25) is 4.79 Å². The topological polar surface area (TPSA) is 62.2 Å². The minimum Gasteiger partial charge on any atom is -0.396 e. The summed E-state index contributed by atoms with van der Waals surface area (Å²) < 4.78 is 0. The Kier molecular flexibility index (Phi) is 5.72. The van der Waals surface area contributed by atoms with Crippen LogP contribution in [0, 0.1) is 5.41 Å². The number of pyridine rings is 1. The van der Waals surface area contributed by atoms with Crippen LogP contribution in [0.15, 0.2) is 6.20 Å². The third kappa shape index (κ3) is 3.81. The van der Waals surface area contributed by atoms with E-state index in [9.17, 15) is 9.90 Å². The molecule has 0 radical (unpaired) electrons. The molecule has 2 rings (SSSR count). The molecule has 0 saturated heterocycles. The minimum absolute atomic E-state index is 0.0448. The van der Waals surface area contributed by atoms with E-state index in [4.69, 9.17) is 34.8 Å². The molecule has 1 saturated carbocycles. The second-order valence-corrected chi connectivity index (χ2v) is 6.65. The summed E-state index contributed by atoms with van der Waals surface area (Å²) in [7, 11) is 0. The molecule has 0 aliphatic heterocycles. The smallest absolute Gasteiger partial charge is 0.271 e. The van der Waals surface area contributed by atoms with Gasteiger partial charge in [0.2, 0.25) is 0 Å². The Bertz CT molecular complexity index is 531. The normalized spacial score (nSPS) is 17.5. The average molecular weight is 352 g/mol. The summed E-state index contributed by atoms with van der Waals surface area (Å²) in [5.74, 6) is -0.406. The second-order valence-electron chi connectivity index (χ2n) is 5.48. The summed E-state index contributed by atoms with van der Waals surface area (Å²) >= 11 is 17.7. The Hall–Kier alpha value is -0.550. The number of carbonyl (C=O) groups is 1. The number of nitrogens with one attached hydrogen (secondary N) is 1. The molecule has 1 amide bonds. The van der Waals surface area contributed by atoms with Crippen molar-refractivity contribution in [1.82, 2.24) is 10.3 Å². The molecular formula is C14H17Cl3N2O2. The molecule has 0 bridgehead atoms. The summed E-state index contributed by atoms with van der Waals surface area (Å²) in [6.45, 7) is 0.469. The largest absolute Gasteiger partial charge is 0.396 e. The quantitative estimate of drug-likeness (QED) is 0.869. The molecule has 1 aromatic rings. The van der Waals surface area contributed by atoms with Gasteiger partial charge in [-0.05, 0) is 12.8 Å². The third-order valence-electron chi connectivity index (χ3n) is 4.01. The lowest BCUT2D eigenvalue weighted by atomic mass is 9.74. The molecule has 4 nitrogen and oxygen atoms in total. The van der Waals surface area contributed by atoms with E-state index in [0.29, 0.717) is 6.54 Å². The molecule has 1 aliphatic carbocycles. The Morgan fingerprint density at radius 1 is 1.24 bits per heavy atom. The van der Waals surface area contributed by atoms with Gasteiger partial charge in [-0.1, -0.05) is 54.1 Å². The first-order valence-electron chi connectivity index (χ1n) is 6.88. The van der Waals surface area contributed by atoms with Crippen LogP contribution >= 0.6 is 34.8 Å². The number of aliphatic hydroxyl groups is 1. The number of hydrogen-bond acceptors (Lipinski definition) is 3. The van der Waals surface area contributed by atoms with Crippen molar-refractivity contribution < 1.29 is 9.90 Å². The van der Waals surface area contributed by atoms with E-state index in [1.54, 1.807) is 0 Å². The van der Waals surface area contributed by atoms with E-state index in [1.165, 1.54) is 12.6 Å². The molecule has 1 aliphatic rings. The molecule has 1 heterocycles. The molecule has 21 heavy (non-hydrogen) atoms. The lowest BCUT2D eigenvalue weighted by Crippen LogP contribution is -2.41. The van der Waals surface area contributed by atoms with Crippen LogP contribution in [0.3, 0.4) is 0 Å². The Morgan fingerprint density at radius 2 is 1.90 bits per heavy atom. The van der Waals surface area contributed by atoms with Crippen molar-refractivity contribution in [3.05, 3.63) is 27.0 Å². The highest BCUT2D eigenvalue weighted by Crippen LogP contribution is 2.35. The maximum absolute atomic E-state index is 12.2. The van der Waals surface area contributed by atoms with Crippen LogP contribution in [0.25, 0.3) is 0 Å². The number of halogens is 3. The SMILES string of the molecule is O=C(NCC1(CO)CCCCC1)c1ncc(Cl)c(Cl)c1Cl. The van der Waals surface area contributed by atoms with Crippen LogP contribution in [0.5, 0.6) is 0 Å². The Morgan fingerprint density at radius 3 is 2.52 bits per heavy atom. The number of hydrogen-bond donors (Lipinski definition) is 2. The number of amides is 1. The van der Waals surface area contributed by atoms with Crippen LogP contribution in [0.2, 0.25) is 15.1 Å². The van der Waals surface area contributed by atoms with Gasteiger partial charge >= 0.3 is 0 Å². The van der Waals surface area contributed by atoms with Crippen LogP contribution in [-0.4, -0.2) is 29.1 Å². The van der Waals surface area contributed by atoms with Gasteiger partial charge in [-0.2, -0.15) is 0 Å². The maximum Gasteiger partial charge on any atom is 0.271 e. The molecular weight excluding hydrogens is 335 g/mol. The van der Waals surface area contributed by atoms with E-state index in [0.717, 1.165) is 25.7 Å². The first-order valence-corrected chi connectivity index (χ1v) is 8.01. The molecule has 0 aromatic carbocycles. The highest BCUT2D eigenvalue weighted by Gasteiger charge is 2.32. The molecule has 2 N–H and O–H groups in total. The number of carbonyl (C=O) groups excluding carboxylic acids is 1. The highest BCUT2D eigenvalue weighted by atomic mass is 35.5. The van der Waals surface area contributed by atoms with Gasteiger partial charge in [0.1, 0.15) is 5.69 Å². The minimum atomic E-state index is -0.406. The summed E-state index contributed by atoms with van der Waals surface area (Å²) in [4.78, 5) is 16.1. The van der Waals surface area contributed by atoms with Gasteiger partial charge in [0, 0.05) is 18.2 Å². The fourth-order valence-corrected chi connectivity index (χ4v) is 3.21. The van der Waals surface area contributed by atoms with Crippen LogP contribution in [0.1, 0.15) is 42.6 Å². The van der Waals surface area contributed by atoms with Crippen molar-refractivity contribution in [3.8, 4) is 0 Å². The van der Waals surface area contributed by atoms with E-state index in [1.807, 2.05) is 0 Å². The van der Waals surface area contributed by atoms with Crippen molar-refractivity contribution in [3.63, 3.8) is 0 Å². The van der Waals surface area contributed by atoms with Crippen molar-refractivity contribution in [2.75, 3.05) is 13.2 Å².